The van der Waals surface area contributed by atoms with Crippen molar-refractivity contribution in [1.82, 2.24) is 0 Å². The van der Waals surface area contributed by atoms with E-state index in [0.717, 1.165) is 12.8 Å². The van der Waals surface area contributed by atoms with Gasteiger partial charge in [-0.25, -0.2) is 4.79 Å². The number of aliphatic hydroxyl groups is 1. The van der Waals surface area contributed by atoms with Gasteiger partial charge in [0.15, 0.2) is 0 Å². The van der Waals surface area contributed by atoms with Gasteiger partial charge in [-0.05, 0) is 12.8 Å². The summed E-state index contributed by atoms with van der Waals surface area (Å²) in [6.07, 6.45) is 2.39. The van der Waals surface area contributed by atoms with Crippen molar-refractivity contribution in [2.75, 3.05) is 0 Å². The predicted octanol–water partition coefficient (Wildman–Crippen LogP) is 0.773. The van der Waals surface area contributed by atoms with Gasteiger partial charge in [0.25, 0.3) is 0 Å². The first-order chi connectivity index (χ1) is 5.61. The van der Waals surface area contributed by atoms with Crippen molar-refractivity contribution in [3.8, 4) is 0 Å². The molecule has 3 nitrogen and oxygen atoms in total. The topological polar surface area (TPSA) is 46.5 Å². The van der Waals surface area contributed by atoms with Crippen LogP contribution >= 0.6 is 0 Å². The highest BCUT2D eigenvalue weighted by Gasteiger charge is 2.47. The Bertz CT molecular complexity index is 228. The lowest BCUT2D eigenvalue weighted by molar-refractivity contribution is -0.146. The molecule has 66 valence electrons. The molecule has 0 aromatic rings. The van der Waals surface area contributed by atoms with Crippen LogP contribution < -0.4 is 0 Å². The molecular formula is C9H12O3. The highest BCUT2D eigenvalue weighted by atomic mass is 16.6. The van der Waals surface area contributed by atoms with Crippen LogP contribution in [0.25, 0.3) is 0 Å². The zero-order valence-corrected chi connectivity index (χ0v) is 6.88. The smallest absolute Gasteiger partial charge is 0.334 e. The van der Waals surface area contributed by atoms with Crippen LogP contribution in [-0.2, 0) is 9.53 Å². The second-order valence-electron chi connectivity index (χ2n) is 3.75. The van der Waals surface area contributed by atoms with Crippen molar-refractivity contribution in [3.63, 3.8) is 0 Å². The highest BCUT2D eigenvalue weighted by Crippen LogP contribution is 2.42. The Labute approximate surface area is 71.0 Å². The van der Waals surface area contributed by atoms with E-state index in [9.17, 15) is 9.90 Å². The van der Waals surface area contributed by atoms with Crippen LogP contribution in [0.15, 0.2) is 12.2 Å². The van der Waals surface area contributed by atoms with E-state index in [-0.39, 0.29) is 12.1 Å². The van der Waals surface area contributed by atoms with Gasteiger partial charge in [0.1, 0.15) is 5.60 Å². The van der Waals surface area contributed by atoms with E-state index in [1.165, 1.54) is 0 Å². The number of hydrogen-bond donors (Lipinski definition) is 1. The maximum Gasteiger partial charge on any atom is 0.334 e. The lowest BCUT2D eigenvalue weighted by Crippen LogP contribution is -2.25. The molecular weight excluding hydrogens is 156 g/mol. The van der Waals surface area contributed by atoms with Gasteiger partial charge in [-0.2, -0.15) is 0 Å². The van der Waals surface area contributed by atoms with Crippen molar-refractivity contribution >= 4 is 5.97 Å². The maximum atomic E-state index is 11.0. The fraction of sp³-hybridized carbons (Fsp3) is 0.667. The van der Waals surface area contributed by atoms with Crippen molar-refractivity contribution in [2.24, 2.45) is 0 Å². The zero-order valence-electron chi connectivity index (χ0n) is 6.88. The van der Waals surface area contributed by atoms with Crippen molar-refractivity contribution in [2.45, 2.75) is 37.4 Å². The summed E-state index contributed by atoms with van der Waals surface area (Å²) in [5, 5.41) is 9.31. The van der Waals surface area contributed by atoms with Crippen molar-refractivity contribution in [1.29, 1.82) is 0 Å². The summed E-state index contributed by atoms with van der Waals surface area (Å²) < 4.78 is 5.19. The summed E-state index contributed by atoms with van der Waals surface area (Å²) in [4.78, 5) is 11.0. The molecule has 12 heavy (non-hydrogen) atoms. The second-order valence-corrected chi connectivity index (χ2v) is 3.75. The third kappa shape index (κ3) is 1.05. The molecule has 2 fully saturated rings. The van der Waals surface area contributed by atoms with E-state index in [4.69, 9.17) is 4.74 Å². The first-order valence-electron chi connectivity index (χ1n) is 4.20. The van der Waals surface area contributed by atoms with Crippen LogP contribution in [0.3, 0.4) is 0 Å². The minimum Gasteiger partial charge on any atom is -0.455 e. The van der Waals surface area contributed by atoms with Gasteiger partial charge in [-0.3, -0.25) is 0 Å². The van der Waals surface area contributed by atoms with Gasteiger partial charge in [-0.1, -0.05) is 6.58 Å². The van der Waals surface area contributed by atoms with Gasteiger partial charge >= 0.3 is 5.97 Å². The van der Waals surface area contributed by atoms with Crippen LogP contribution in [0.4, 0.5) is 0 Å². The number of carbonyl (C=O) groups excluding carboxylic acids is 1. The molecule has 1 N–H and O–H groups in total. The van der Waals surface area contributed by atoms with Gasteiger partial charge in [0.2, 0.25) is 0 Å². The molecule has 0 radical (unpaired) electrons. The number of hydrogen-bond acceptors (Lipinski definition) is 3. The monoisotopic (exact) mass is 168 g/mol. The SMILES string of the molecule is C=C1CC2(CCC(O)C2)OC1=O. The first-order valence-corrected chi connectivity index (χ1v) is 4.20. The number of esters is 1. The number of aliphatic hydroxyl groups excluding tert-OH is 1. The van der Waals surface area contributed by atoms with E-state index < -0.39 is 5.60 Å². The Morgan fingerprint density at radius 2 is 2.42 bits per heavy atom. The first kappa shape index (κ1) is 7.80. The minimum absolute atomic E-state index is 0.288. The summed E-state index contributed by atoms with van der Waals surface area (Å²) in [6, 6.07) is 0. The molecule has 3 heteroatoms. The molecule has 1 aliphatic carbocycles. The second kappa shape index (κ2) is 2.33. The molecule has 2 aliphatic rings. The van der Waals surface area contributed by atoms with Crippen LogP contribution in [-0.4, -0.2) is 22.8 Å². The number of ether oxygens (including phenoxy) is 1. The molecule has 2 rings (SSSR count). The fourth-order valence-electron chi connectivity index (χ4n) is 2.08. The summed E-state index contributed by atoms with van der Waals surface area (Å²) >= 11 is 0. The normalized spacial score (nSPS) is 40.9. The molecule has 1 aliphatic heterocycles. The Kier molecular flexibility index (Phi) is 1.51. The lowest BCUT2D eigenvalue weighted by atomic mass is 9.96. The third-order valence-electron chi connectivity index (χ3n) is 2.67. The highest BCUT2D eigenvalue weighted by molar-refractivity contribution is 5.90. The number of rotatable bonds is 0. The molecule has 0 bridgehead atoms. The third-order valence-corrected chi connectivity index (χ3v) is 2.67. The van der Waals surface area contributed by atoms with Crippen LogP contribution in [0.5, 0.6) is 0 Å². The molecule has 1 saturated heterocycles. The average Bonchev–Trinajstić information content (AvgIpc) is 2.42. The van der Waals surface area contributed by atoms with Crippen LogP contribution in [0, 0.1) is 0 Å². The van der Waals surface area contributed by atoms with Gasteiger partial charge in [0.05, 0.1) is 6.10 Å². The minimum atomic E-state index is -0.395. The molecule has 0 amide bonds. The maximum absolute atomic E-state index is 11.0. The Morgan fingerprint density at radius 1 is 1.67 bits per heavy atom. The van der Waals surface area contributed by atoms with E-state index in [1.807, 2.05) is 0 Å². The standard InChI is InChI=1S/C9H12O3/c1-6-4-9(12-8(6)11)3-2-7(10)5-9/h7,10H,1-5H2. The van der Waals surface area contributed by atoms with E-state index in [0.29, 0.717) is 18.4 Å². The molecule has 0 aromatic carbocycles. The van der Waals surface area contributed by atoms with Crippen molar-refractivity contribution in [3.05, 3.63) is 12.2 Å². The molecule has 2 unspecified atom stereocenters. The van der Waals surface area contributed by atoms with E-state index in [2.05, 4.69) is 6.58 Å². The summed E-state index contributed by atoms with van der Waals surface area (Å²) in [7, 11) is 0. The van der Waals surface area contributed by atoms with Crippen molar-refractivity contribution < 1.29 is 14.6 Å². The predicted molar refractivity (Wildman–Crippen MR) is 42.4 cm³/mol. The summed E-state index contributed by atoms with van der Waals surface area (Å²) in [6.45, 7) is 3.62. The van der Waals surface area contributed by atoms with Gasteiger partial charge in [-0.15, -0.1) is 0 Å². The lowest BCUT2D eigenvalue weighted by Gasteiger charge is -2.20. The zero-order chi connectivity index (χ0) is 8.77. The molecule has 1 spiro atoms. The fourth-order valence-corrected chi connectivity index (χ4v) is 2.08. The molecule has 0 aromatic heterocycles. The van der Waals surface area contributed by atoms with Gasteiger partial charge < -0.3 is 9.84 Å². The molecule has 1 saturated carbocycles. The average molecular weight is 168 g/mol. The van der Waals surface area contributed by atoms with E-state index in [1.54, 1.807) is 0 Å². The Hall–Kier alpha value is -0.830. The van der Waals surface area contributed by atoms with E-state index >= 15 is 0 Å². The van der Waals surface area contributed by atoms with Crippen LogP contribution in [0.1, 0.15) is 25.7 Å². The van der Waals surface area contributed by atoms with Crippen LogP contribution in [0.2, 0.25) is 0 Å². The Balaban J connectivity index is 2.15. The Morgan fingerprint density at radius 3 is 2.83 bits per heavy atom. The van der Waals surface area contributed by atoms with Gasteiger partial charge in [0, 0.05) is 18.4 Å². The number of carbonyl (C=O) groups is 1. The quantitative estimate of drug-likeness (QED) is 0.429. The summed E-state index contributed by atoms with van der Waals surface area (Å²) in [5.41, 5.74) is 0.150. The molecule has 2 atom stereocenters. The molecule has 1 heterocycles. The largest absolute Gasteiger partial charge is 0.455 e. The summed E-state index contributed by atoms with van der Waals surface area (Å²) in [5.74, 6) is -0.288.